The molecule has 0 amide bonds. The van der Waals surface area contributed by atoms with Gasteiger partial charge in [-0.3, -0.25) is 4.99 Å². The first-order valence-electron chi connectivity index (χ1n) is 18.0. The highest BCUT2D eigenvalue weighted by molar-refractivity contribution is 6.08. The summed E-state index contributed by atoms with van der Waals surface area (Å²) in [5.41, 5.74) is 11.6. The van der Waals surface area contributed by atoms with E-state index in [1.807, 2.05) is 37.6 Å². The molecule has 51 heavy (non-hydrogen) atoms. The van der Waals surface area contributed by atoms with E-state index in [0.29, 0.717) is 6.42 Å². The molecule has 262 valence electrons. The van der Waals surface area contributed by atoms with Crippen molar-refractivity contribution in [1.82, 2.24) is 5.32 Å². The molecule has 2 heteroatoms. The van der Waals surface area contributed by atoms with Crippen LogP contribution in [0.25, 0.3) is 33.5 Å². The Kier molecular flexibility index (Phi) is 16.9. The van der Waals surface area contributed by atoms with Crippen molar-refractivity contribution in [3.05, 3.63) is 193 Å². The van der Waals surface area contributed by atoms with E-state index in [0.717, 1.165) is 35.4 Å². The standard InChI is InChI=1S/C49H56N2/c1-10-22-41(31-32-44(36-50-15-6)51-35-38(8)26-21-25-37(7)13-4)33-40(14-5)34-47-39(9)48(43-27-17-16-18-28-43)45-29-19-20-30-46(45)49(47)42(23-11-2)24-12-3/h10-14,16-31,34-36,38,50H,2,4-5,15,32-33H2,1,3,6-9H3/b22-10-,24-12-,26-21-,37-25-,40-34+,41-31?,42-23+,44-36-,51-35?. The first-order chi connectivity index (χ1) is 24.8. The Labute approximate surface area is 308 Å². The fourth-order valence-corrected chi connectivity index (χ4v) is 5.92. The van der Waals surface area contributed by atoms with Crippen molar-refractivity contribution in [3.8, 4) is 11.1 Å². The molecule has 0 radical (unpaired) electrons. The van der Waals surface area contributed by atoms with Crippen molar-refractivity contribution in [1.29, 1.82) is 0 Å². The molecule has 0 saturated carbocycles. The molecule has 0 aliphatic rings. The molecule has 1 unspecified atom stereocenters. The first-order valence-corrected chi connectivity index (χ1v) is 18.0. The van der Waals surface area contributed by atoms with Crippen molar-refractivity contribution in [2.24, 2.45) is 10.9 Å². The van der Waals surface area contributed by atoms with Crippen molar-refractivity contribution < 1.29 is 0 Å². The molecule has 0 saturated heterocycles. The van der Waals surface area contributed by atoms with Crippen LogP contribution < -0.4 is 5.32 Å². The van der Waals surface area contributed by atoms with Crippen LogP contribution in [0.2, 0.25) is 0 Å². The Balaban J connectivity index is 2.15. The lowest BCUT2D eigenvalue weighted by molar-refractivity contribution is 0.894. The largest absolute Gasteiger partial charge is 0.390 e. The topological polar surface area (TPSA) is 24.4 Å². The monoisotopic (exact) mass is 672 g/mol. The molecule has 0 spiro atoms. The van der Waals surface area contributed by atoms with Gasteiger partial charge in [-0.2, -0.15) is 0 Å². The quantitative estimate of drug-likeness (QED) is 0.106. The molecular formula is C49H56N2. The van der Waals surface area contributed by atoms with Crippen LogP contribution in [0.4, 0.5) is 0 Å². The number of rotatable bonds is 18. The van der Waals surface area contributed by atoms with Crippen molar-refractivity contribution in [2.75, 3.05) is 6.54 Å². The molecule has 0 heterocycles. The minimum Gasteiger partial charge on any atom is -0.390 e. The minimum absolute atomic E-state index is 0.195. The highest BCUT2D eigenvalue weighted by atomic mass is 14.9. The molecule has 0 aliphatic heterocycles. The maximum absolute atomic E-state index is 4.88. The second kappa shape index (κ2) is 21.6. The zero-order valence-electron chi connectivity index (χ0n) is 31.6. The fraction of sp³-hybridized carbons (Fsp3) is 0.204. The number of hydrogen-bond acceptors (Lipinski definition) is 2. The molecule has 3 aromatic carbocycles. The van der Waals surface area contributed by atoms with Gasteiger partial charge in [0.15, 0.2) is 0 Å². The number of nitrogens with zero attached hydrogens (tertiary/aromatic N) is 1. The average molecular weight is 673 g/mol. The Morgan fingerprint density at radius 3 is 2.24 bits per heavy atom. The van der Waals surface area contributed by atoms with Gasteiger partial charge in [-0.15, -0.1) is 0 Å². The third-order valence-electron chi connectivity index (χ3n) is 8.51. The molecule has 0 fully saturated rings. The maximum Gasteiger partial charge on any atom is 0.0593 e. The molecule has 0 aromatic heterocycles. The fourth-order valence-electron chi connectivity index (χ4n) is 5.92. The van der Waals surface area contributed by atoms with E-state index in [2.05, 4.69) is 175 Å². The number of benzene rings is 3. The van der Waals surface area contributed by atoms with Crippen LogP contribution in [0.15, 0.2) is 181 Å². The van der Waals surface area contributed by atoms with Gasteiger partial charge in [0, 0.05) is 31.3 Å². The highest BCUT2D eigenvalue weighted by Crippen LogP contribution is 2.41. The average Bonchev–Trinajstić information content (AvgIpc) is 3.14. The van der Waals surface area contributed by atoms with Crippen LogP contribution in [0, 0.1) is 12.8 Å². The third kappa shape index (κ3) is 11.8. The van der Waals surface area contributed by atoms with Gasteiger partial charge < -0.3 is 5.32 Å². The molecular weight excluding hydrogens is 617 g/mol. The Hall–Kier alpha value is -5.47. The summed E-state index contributed by atoms with van der Waals surface area (Å²) in [6.07, 6.45) is 32.7. The summed E-state index contributed by atoms with van der Waals surface area (Å²) in [7, 11) is 0. The second-order valence-corrected chi connectivity index (χ2v) is 12.5. The van der Waals surface area contributed by atoms with E-state index in [-0.39, 0.29) is 5.92 Å². The summed E-state index contributed by atoms with van der Waals surface area (Å²) in [6.45, 7) is 25.7. The lowest BCUT2D eigenvalue weighted by Crippen LogP contribution is -2.04. The minimum atomic E-state index is 0.195. The van der Waals surface area contributed by atoms with E-state index in [1.54, 1.807) is 0 Å². The Morgan fingerprint density at radius 2 is 1.59 bits per heavy atom. The number of hydrogen-bond donors (Lipinski definition) is 1. The molecule has 1 atom stereocenters. The van der Waals surface area contributed by atoms with E-state index in [1.165, 1.54) is 44.2 Å². The summed E-state index contributed by atoms with van der Waals surface area (Å²) in [5, 5.41) is 5.79. The van der Waals surface area contributed by atoms with E-state index >= 15 is 0 Å². The summed E-state index contributed by atoms with van der Waals surface area (Å²) in [4.78, 5) is 4.88. The summed E-state index contributed by atoms with van der Waals surface area (Å²) in [5.74, 6) is 0.195. The van der Waals surface area contributed by atoms with E-state index < -0.39 is 0 Å². The Morgan fingerprint density at radius 1 is 0.882 bits per heavy atom. The van der Waals surface area contributed by atoms with Crippen LogP contribution in [0.3, 0.4) is 0 Å². The van der Waals surface area contributed by atoms with Crippen LogP contribution in [0.1, 0.15) is 64.2 Å². The van der Waals surface area contributed by atoms with Gasteiger partial charge in [-0.25, -0.2) is 0 Å². The van der Waals surface area contributed by atoms with Gasteiger partial charge >= 0.3 is 0 Å². The zero-order valence-corrected chi connectivity index (χ0v) is 31.6. The SMILES string of the molecule is C=C/C=C(\C=C/C)c1c(/C=C(\C=C)CC(=CC/C(=C/NCC)N=CC(C)/C=C\C=C(\C)C=C)/C=C\C)c(C)c(-c2ccccc2)c2ccccc12. The molecule has 1 N–H and O–H groups in total. The molecule has 3 aromatic rings. The lowest BCUT2D eigenvalue weighted by atomic mass is 9.82. The number of nitrogens with one attached hydrogen (secondary N) is 1. The van der Waals surface area contributed by atoms with Crippen LogP contribution in [-0.2, 0) is 0 Å². The molecule has 0 aliphatic carbocycles. The van der Waals surface area contributed by atoms with Crippen LogP contribution >= 0.6 is 0 Å². The first kappa shape index (κ1) is 40.0. The molecule has 2 nitrogen and oxygen atoms in total. The number of fused-ring (bicyclic) bond motifs is 1. The van der Waals surface area contributed by atoms with Gasteiger partial charge in [0.1, 0.15) is 0 Å². The molecule has 3 rings (SSSR count). The normalized spacial score (nSPS) is 14.4. The summed E-state index contributed by atoms with van der Waals surface area (Å²) in [6, 6.07) is 19.4. The van der Waals surface area contributed by atoms with Crippen molar-refractivity contribution >= 4 is 28.6 Å². The van der Waals surface area contributed by atoms with Gasteiger partial charge in [0.05, 0.1) is 5.70 Å². The van der Waals surface area contributed by atoms with E-state index in [9.17, 15) is 0 Å². The van der Waals surface area contributed by atoms with Gasteiger partial charge in [-0.1, -0.05) is 166 Å². The predicted octanol–water partition coefficient (Wildman–Crippen LogP) is 13.7. The van der Waals surface area contributed by atoms with Gasteiger partial charge in [-0.05, 0) is 96.3 Å². The van der Waals surface area contributed by atoms with E-state index in [4.69, 9.17) is 4.99 Å². The van der Waals surface area contributed by atoms with Crippen molar-refractivity contribution in [3.63, 3.8) is 0 Å². The number of allylic oxidation sites excluding steroid dienone is 16. The summed E-state index contributed by atoms with van der Waals surface area (Å²) >= 11 is 0. The summed E-state index contributed by atoms with van der Waals surface area (Å²) < 4.78 is 0. The lowest BCUT2D eigenvalue weighted by Gasteiger charge is -2.21. The second-order valence-electron chi connectivity index (χ2n) is 12.5. The van der Waals surface area contributed by atoms with Gasteiger partial charge in [0.2, 0.25) is 0 Å². The highest BCUT2D eigenvalue weighted by Gasteiger charge is 2.19. The predicted molar refractivity (Wildman–Crippen MR) is 230 cm³/mol. The van der Waals surface area contributed by atoms with Crippen molar-refractivity contribution in [2.45, 2.75) is 54.4 Å². The van der Waals surface area contributed by atoms with Crippen LogP contribution in [0.5, 0.6) is 0 Å². The Bertz CT molecular complexity index is 1930. The van der Waals surface area contributed by atoms with Crippen LogP contribution in [-0.4, -0.2) is 12.8 Å². The molecule has 0 bridgehead atoms. The maximum atomic E-state index is 4.88. The zero-order chi connectivity index (χ0) is 37.0. The third-order valence-corrected chi connectivity index (χ3v) is 8.51. The smallest absolute Gasteiger partial charge is 0.0593 e. The number of aliphatic imine (C=N–C) groups is 1. The van der Waals surface area contributed by atoms with Gasteiger partial charge in [0.25, 0.3) is 0 Å².